The van der Waals surface area contributed by atoms with E-state index in [2.05, 4.69) is 0 Å². The summed E-state index contributed by atoms with van der Waals surface area (Å²) < 4.78 is 15.0. The van der Waals surface area contributed by atoms with Crippen LogP contribution in [0.1, 0.15) is 20.3 Å². The normalized spacial score (nSPS) is 39.3. The van der Waals surface area contributed by atoms with Crippen molar-refractivity contribution in [3.63, 3.8) is 0 Å². The average molecular weight is 147 g/mol. The van der Waals surface area contributed by atoms with E-state index in [1.54, 1.807) is 0 Å². The predicted molar refractivity (Wildman–Crippen MR) is 34.8 cm³/mol. The van der Waals surface area contributed by atoms with Crippen LogP contribution in [0.15, 0.2) is 0 Å². The van der Waals surface area contributed by atoms with Crippen molar-refractivity contribution in [1.82, 2.24) is 0 Å². The van der Waals surface area contributed by atoms with Crippen LogP contribution in [0.25, 0.3) is 0 Å². The molecule has 0 unspecified atom stereocenters. The molecule has 0 bridgehead atoms. The highest BCUT2D eigenvalue weighted by molar-refractivity contribution is 4.64. The van der Waals surface area contributed by atoms with Crippen LogP contribution in [0.2, 0.25) is 0 Å². The lowest BCUT2D eigenvalue weighted by Crippen LogP contribution is -2.60. The topological polar surface area (TPSA) is 53.7 Å². The van der Waals surface area contributed by atoms with Crippen LogP contribution >= 0.6 is 0 Å². The van der Waals surface area contributed by atoms with Gasteiger partial charge in [-0.2, -0.15) is 0 Å². The maximum absolute atomic E-state index is 5.50. The average Bonchev–Trinajstić information content (AvgIpc) is 1.85. The van der Waals surface area contributed by atoms with Gasteiger partial charge in [0.2, 0.25) is 5.91 Å². The Kier molecular flexibility index (Phi) is 2.25. The second-order valence-electron chi connectivity index (χ2n) is 2.15. The molecule has 0 saturated carbocycles. The molecular formula is C6H13NO3. The van der Waals surface area contributed by atoms with E-state index < -0.39 is 12.4 Å². The van der Waals surface area contributed by atoms with Gasteiger partial charge in [0.15, 0.2) is 0 Å². The van der Waals surface area contributed by atoms with E-state index >= 15 is 0 Å². The molecule has 1 fully saturated rings. The SMILES string of the molecule is CCOC1OC(N)(CC)O1. The maximum atomic E-state index is 5.50. The lowest BCUT2D eigenvalue weighted by atomic mass is 10.3. The second-order valence-corrected chi connectivity index (χ2v) is 2.15. The zero-order valence-corrected chi connectivity index (χ0v) is 6.29. The van der Waals surface area contributed by atoms with E-state index in [0.29, 0.717) is 13.0 Å². The third kappa shape index (κ3) is 1.46. The maximum Gasteiger partial charge on any atom is 0.278 e. The zero-order chi connectivity index (χ0) is 7.61. The van der Waals surface area contributed by atoms with Crippen LogP contribution in [0.4, 0.5) is 0 Å². The van der Waals surface area contributed by atoms with Gasteiger partial charge in [0.25, 0.3) is 6.48 Å². The van der Waals surface area contributed by atoms with Crippen molar-refractivity contribution in [1.29, 1.82) is 0 Å². The van der Waals surface area contributed by atoms with Crippen molar-refractivity contribution in [3.8, 4) is 0 Å². The lowest BCUT2D eigenvalue weighted by molar-refractivity contribution is -0.519. The zero-order valence-electron chi connectivity index (χ0n) is 6.29. The van der Waals surface area contributed by atoms with Crippen molar-refractivity contribution in [2.75, 3.05) is 6.61 Å². The van der Waals surface area contributed by atoms with Crippen LogP contribution in [0.3, 0.4) is 0 Å². The fourth-order valence-corrected chi connectivity index (χ4v) is 0.705. The first-order valence-electron chi connectivity index (χ1n) is 3.46. The Morgan fingerprint density at radius 1 is 1.50 bits per heavy atom. The van der Waals surface area contributed by atoms with Gasteiger partial charge in [-0.25, -0.2) is 0 Å². The summed E-state index contributed by atoms with van der Waals surface area (Å²) in [5.74, 6) is -0.889. The van der Waals surface area contributed by atoms with Gasteiger partial charge in [-0.05, 0) is 6.92 Å². The minimum atomic E-state index is -0.889. The molecular weight excluding hydrogens is 134 g/mol. The van der Waals surface area contributed by atoms with Gasteiger partial charge >= 0.3 is 0 Å². The predicted octanol–water partition coefficient (Wildman–Crippen LogP) is 0.376. The van der Waals surface area contributed by atoms with Crippen molar-refractivity contribution in [2.24, 2.45) is 5.73 Å². The third-order valence-corrected chi connectivity index (χ3v) is 1.39. The van der Waals surface area contributed by atoms with Gasteiger partial charge in [-0.15, -0.1) is 0 Å². The first kappa shape index (κ1) is 7.94. The Hall–Kier alpha value is -0.160. The molecule has 0 aromatic carbocycles. The van der Waals surface area contributed by atoms with Gasteiger partial charge in [-0.3, -0.25) is 15.2 Å². The number of nitrogens with two attached hydrogens (primary N) is 1. The molecule has 0 amide bonds. The summed E-state index contributed by atoms with van der Waals surface area (Å²) >= 11 is 0. The molecule has 10 heavy (non-hydrogen) atoms. The van der Waals surface area contributed by atoms with Crippen molar-refractivity contribution < 1.29 is 14.2 Å². The highest BCUT2D eigenvalue weighted by atomic mass is 17.0. The van der Waals surface area contributed by atoms with Crippen LogP contribution < -0.4 is 5.73 Å². The fraction of sp³-hybridized carbons (Fsp3) is 1.00. The van der Waals surface area contributed by atoms with E-state index in [1.807, 2.05) is 13.8 Å². The Morgan fingerprint density at radius 3 is 2.50 bits per heavy atom. The first-order chi connectivity index (χ1) is 4.70. The van der Waals surface area contributed by atoms with Gasteiger partial charge in [0, 0.05) is 13.0 Å². The largest absolute Gasteiger partial charge is 0.330 e. The quantitative estimate of drug-likeness (QED) is 0.626. The third-order valence-electron chi connectivity index (χ3n) is 1.39. The van der Waals surface area contributed by atoms with Gasteiger partial charge in [0.05, 0.1) is 0 Å². The lowest BCUT2D eigenvalue weighted by Gasteiger charge is -2.42. The van der Waals surface area contributed by atoms with Crippen LogP contribution in [-0.2, 0) is 14.2 Å². The fourth-order valence-electron chi connectivity index (χ4n) is 0.705. The first-order valence-corrected chi connectivity index (χ1v) is 3.46. The molecule has 60 valence electrons. The Balaban J connectivity index is 2.16. The van der Waals surface area contributed by atoms with E-state index in [0.717, 1.165) is 0 Å². The summed E-state index contributed by atoms with van der Waals surface area (Å²) in [6.07, 6.45) is 0.635. The molecule has 1 heterocycles. The molecule has 1 aliphatic rings. The van der Waals surface area contributed by atoms with Gasteiger partial charge in [0.1, 0.15) is 0 Å². The second kappa shape index (κ2) is 2.84. The molecule has 0 aromatic heterocycles. The number of rotatable bonds is 3. The summed E-state index contributed by atoms with van der Waals surface area (Å²) in [5.41, 5.74) is 5.50. The van der Waals surface area contributed by atoms with Gasteiger partial charge in [-0.1, -0.05) is 6.92 Å². The van der Waals surface area contributed by atoms with Crippen molar-refractivity contribution in [3.05, 3.63) is 0 Å². The molecule has 0 aromatic rings. The van der Waals surface area contributed by atoms with E-state index in [4.69, 9.17) is 19.9 Å². The molecule has 1 aliphatic heterocycles. The molecule has 2 N–H and O–H groups in total. The van der Waals surface area contributed by atoms with E-state index in [9.17, 15) is 0 Å². The molecule has 4 heteroatoms. The molecule has 1 rings (SSSR count). The Morgan fingerprint density at radius 2 is 2.10 bits per heavy atom. The number of ether oxygens (including phenoxy) is 3. The molecule has 1 saturated heterocycles. The van der Waals surface area contributed by atoms with Crippen molar-refractivity contribution >= 4 is 0 Å². The highest BCUT2D eigenvalue weighted by Crippen LogP contribution is 2.27. The minimum Gasteiger partial charge on any atom is -0.330 e. The van der Waals surface area contributed by atoms with Crippen molar-refractivity contribution in [2.45, 2.75) is 32.7 Å². The number of hydrogen-bond donors (Lipinski definition) is 1. The Bertz CT molecular complexity index is 112. The minimum absolute atomic E-state index is 0.546. The number of hydrogen-bond acceptors (Lipinski definition) is 4. The van der Waals surface area contributed by atoms with Crippen LogP contribution in [0, 0.1) is 0 Å². The van der Waals surface area contributed by atoms with E-state index in [-0.39, 0.29) is 0 Å². The molecule has 0 radical (unpaired) electrons. The molecule has 4 nitrogen and oxygen atoms in total. The standard InChI is InChI=1S/C6H13NO3/c1-3-6(7)9-5(10-6)8-4-2/h5H,3-4,7H2,1-2H3. The summed E-state index contributed by atoms with van der Waals surface area (Å²) in [4.78, 5) is 0. The monoisotopic (exact) mass is 147 g/mol. The smallest absolute Gasteiger partial charge is 0.278 e. The molecule has 0 aliphatic carbocycles. The summed E-state index contributed by atoms with van der Waals surface area (Å²) in [7, 11) is 0. The summed E-state index contributed by atoms with van der Waals surface area (Å²) in [5, 5.41) is 0. The summed E-state index contributed by atoms with van der Waals surface area (Å²) in [6.45, 7) is 3.79. The Labute approximate surface area is 60.2 Å². The highest BCUT2D eigenvalue weighted by Gasteiger charge is 2.42. The molecule has 0 atom stereocenters. The van der Waals surface area contributed by atoms with E-state index in [1.165, 1.54) is 0 Å². The molecule has 0 spiro atoms. The van der Waals surface area contributed by atoms with Crippen LogP contribution in [0.5, 0.6) is 0 Å². The van der Waals surface area contributed by atoms with Gasteiger partial charge < -0.3 is 4.74 Å². The van der Waals surface area contributed by atoms with Crippen LogP contribution in [-0.4, -0.2) is 19.0 Å². The summed E-state index contributed by atoms with van der Waals surface area (Å²) in [6, 6.07) is 0.